The van der Waals surface area contributed by atoms with Crippen molar-refractivity contribution in [2.24, 2.45) is 5.73 Å². The molecule has 0 aromatic rings. The van der Waals surface area contributed by atoms with Crippen molar-refractivity contribution < 1.29 is 21.6 Å². The maximum atomic E-state index is 11.8. The van der Waals surface area contributed by atoms with E-state index in [4.69, 9.17) is 5.73 Å². The SMILES string of the molecule is CC(C)(CN)NS(=O)(=O)CCCC(F)(F)F.Cl. The van der Waals surface area contributed by atoms with Gasteiger partial charge in [-0.3, -0.25) is 0 Å². The second kappa shape index (κ2) is 6.77. The third kappa shape index (κ3) is 10.8. The van der Waals surface area contributed by atoms with Gasteiger partial charge in [0.15, 0.2) is 0 Å². The van der Waals surface area contributed by atoms with E-state index in [0.717, 1.165) is 0 Å². The number of halogens is 4. The minimum Gasteiger partial charge on any atom is -0.329 e. The Bertz CT molecular complexity index is 317. The Morgan fingerprint density at radius 3 is 2.06 bits per heavy atom. The van der Waals surface area contributed by atoms with Gasteiger partial charge in [0, 0.05) is 18.5 Å². The molecule has 0 radical (unpaired) electrons. The van der Waals surface area contributed by atoms with Crippen molar-refractivity contribution in [3.05, 3.63) is 0 Å². The van der Waals surface area contributed by atoms with Gasteiger partial charge < -0.3 is 5.73 Å². The maximum Gasteiger partial charge on any atom is 0.389 e. The van der Waals surface area contributed by atoms with E-state index in [1.54, 1.807) is 13.8 Å². The van der Waals surface area contributed by atoms with E-state index in [1.165, 1.54) is 0 Å². The molecule has 0 aliphatic carbocycles. The molecule has 0 aliphatic rings. The van der Waals surface area contributed by atoms with Gasteiger partial charge in [-0.25, -0.2) is 13.1 Å². The molecule has 0 saturated carbocycles. The van der Waals surface area contributed by atoms with Gasteiger partial charge in [0.25, 0.3) is 0 Å². The van der Waals surface area contributed by atoms with Gasteiger partial charge in [-0.2, -0.15) is 13.2 Å². The summed E-state index contributed by atoms with van der Waals surface area (Å²) < 4.78 is 60.4. The minimum atomic E-state index is -4.32. The van der Waals surface area contributed by atoms with Crippen LogP contribution in [-0.2, 0) is 10.0 Å². The second-order valence-corrected chi connectivity index (χ2v) is 6.07. The summed E-state index contributed by atoms with van der Waals surface area (Å²) in [7, 11) is -3.70. The van der Waals surface area contributed by atoms with Crippen LogP contribution in [0.4, 0.5) is 13.2 Å². The summed E-state index contributed by atoms with van der Waals surface area (Å²) in [6, 6.07) is 0. The number of rotatable bonds is 6. The van der Waals surface area contributed by atoms with Gasteiger partial charge in [-0.1, -0.05) is 0 Å². The summed E-state index contributed by atoms with van der Waals surface area (Å²) in [5.41, 5.74) is 4.47. The highest BCUT2D eigenvalue weighted by atomic mass is 35.5. The highest BCUT2D eigenvalue weighted by molar-refractivity contribution is 7.89. The van der Waals surface area contributed by atoms with E-state index in [2.05, 4.69) is 4.72 Å². The lowest BCUT2D eigenvalue weighted by Gasteiger charge is -2.23. The van der Waals surface area contributed by atoms with E-state index in [0.29, 0.717) is 0 Å². The van der Waals surface area contributed by atoms with Crippen LogP contribution in [0.15, 0.2) is 0 Å². The molecule has 0 aromatic carbocycles. The first-order valence-corrected chi connectivity index (χ1v) is 6.41. The average molecular weight is 299 g/mol. The van der Waals surface area contributed by atoms with Crippen LogP contribution in [0.25, 0.3) is 0 Å². The molecule has 3 N–H and O–H groups in total. The number of alkyl halides is 3. The number of nitrogens with two attached hydrogens (primary N) is 1. The second-order valence-electron chi connectivity index (χ2n) is 4.23. The van der Waals surface area contributed by atoms with Crippen LogP contribution in [0.3, 0.4) is 0 Å². The van der Waals surface area contributed by atoms with Crippen molar-refractivity contribution >= 4 is 22.4 Å². The highest BCUT2D eigenvalue weighted by Gasteiger charge is 2.29. The van der Waals surface area contributed by atoms with Gasteiger partial charge in [0.05, 0.1) is 5.75 Å². The summed E-state index contributed by atoms with van der Waals surface area (Å²) in [6.45, 7) is 3.20. The van der Waals surface area contributed by atoms with Crippen molar-refractivity contribution in [1.82, 2.24) is 4.72 Å². The van der Waals surface area contributed by atoms with Gasteiger partial charge in [0.1, 0.15) is 0 Å². The van der Waals surface area contributed by atoms with Gasteiger partial charge in [-0.05, 0) is 20.3 Å². The van der Waals surface area contributed by atoms with Crippen LogP contribution in [0.1, 0.15) is 26.7 Å². The molecule has 0 bridgehead atoms. The predicted molar refractivity (Wildman–Crippen MR) is 62.6 cm³/mol. The summed E-state index contributed by atoms with van der Waals surface area (Å²) in [5.74, 6) is -0.546. The molecule has 0 saturated heterocycles. The normalized spacial score (nSPS) is 13.3. The smallest absolute Gasteiger partial charge is 0.329 e. The zero-order valence-electron chi connectivity index (χ0n) is 9.67. The molecule has 0 amide bonds. The lowest BCUT2D eigenvalue weighted by molar-refractivity contribution is -0.134. The van der Waals surface area contributed by atoms with Gasteiger partial charge in [-0.15, -0.1) is 12.4 Å². The first-order chi connectivity index (χ1) is 6.97. The summed E-state index contributed by atoms with van der Waals surface area (Å²) >= 11 is 0. The molecular weight excluding hydrogens is 281 g/mol. The Morgan fingerprint density at radius 1 is 1.24 bits per heavy atom. The fourth-order valence-electron chi connectivity index (χ4n) is 0.976. The van der Waals surface area contributed by atoms with E-state index < -0.39 is 40.3 Å². The molecule has 0 aromatic heterocycles. The summed E-state index contributed by atoms with van der Waals surface area (Å²) in [6.07, 6.45) is -5.87. The molecular formula is C8H18ClF3N2O2S. The Kier molecular flexibility index (Phi) is 7.68. The molecule has 17 heavy (non-hydrogen) atoms. The molecule has 0 fully saturated rings. The number of hydrogen-bond donors (Lipinski definition) is 2. The average Bonchev–Trinajstić information content (AvgIpc) is 1.99. The molecule has 0 aliphatic heterocycles. The number of sulfonamides is 1. The van der Waals surface area contributed by atoms with Crippen molar-refractivity contribution in [2.45, 2.75) is 38.4 Å². The first kappa shape index (κ1) is 19.3. The molecule has 0 rings (SSSR count). The molecule has 0 heterocycles. The van der Waals surface area contributed by atoms with Crippen LogP contribution >= 0.6 is 12.4 Å². The molecule has 0 unspecified atom stereocenters. The topological polar surface area (TPSA) is 72.2 Å². The molecule has 4 nitrogen and oxygen atoms in total. The van der Waals surface area contributed by atoms with Crippen molar-refractivity contribution in [3.8, 4) is 0 Å². The van der Waals surface area contributed by atoms with E-state index >= 15 is 0 Å². The Hall–Kier alpha value is -0.0500. The maximum absolute atomic E-state index is 11.8. The quantitative estimate of drug-likeness (QED) is 0.779. The summed E-state index contributed by atoms with van der Waals surface area (Å²) in [5, 5.41) is 0. The van der Waals surface area contributed by atoms with Crippen LogP contribution in [0, 0.1) is 0 Å². The Labute approximate surface area is 106 Å². The number of hydrogen-bond acceptors (Lipinski definition) is 3. The first-order valence-electron chi connectivity index (χ1n) is 4.76. The van der Waals surface area contributed by atoms with Crippen molar-refractivity contribution in [2.75, 3.05) is 12.3 Å². The fourth-order valence-corrected chi connectivity index (χ4v) is 2.53. The van der Waals surface area contributed by atoms with E-state index in [9.17, 15) is 21.6 Å². The van der Waals surface area contributed by atoms with Crippen LogP contribution in [0.2, 0.25) is 0 Å². The summed E-state index contributed by atoms with van der Waals surface area (Å²) in [4.78, 5) is 0. The van der Waals surface area contributed by atoms with Crippen LogP contribution in [0.5, 0.6) is 0 Å². The fraction of sp³-hybridized carbons (Fsp3) is 1.00. The molecule has 0 spiro atoms. The van der Waals surface area contributed by atoms with E-state index in [-0.39, 0.29) is 19.0 Å². The Balaban J connectivity index is 0. The third-order valence-electron chi connectivity index (χ3n) is 1.82. The van der Waals surface area contributed by atoms with E-state index in [1.807, 2.05) is 0 Å². The predicted octanol–water partition coefficient (Wildman–Crippen LogP) is 1.41. The molecule has 106 valence electrons. The zero-order valence-corrected chi connectivity index (χ0v) is 11.3. The lowest BCUT2D eigenvalue weighted by atomic mass is 10.1. The highest BCUT2D eigenvalue weighted by Crippen LogP contribution is 2.21. The standard InChI is InChI=1S/C8H17F3N2O2S.ClH/c1-7(2,6-12)13-16(14,15)5-3-4-8(9,10)11;/h13H,3-6,12H2,1-2H3;1H. The van der Waals surface area contributed by atoms with Crippen molar-refractivity contribution in [1.29, 1.82) is 0 Å². The third-order valence-corrected chi connectivity index (χ3v) is 3.51. The number of nitrogens with one attached hydrogen (secondary N) is 1. The van der Waals surface area contributed by atoms with Crippen LogP contribution < -0.4 is 10.5 Å². The van der Waals surface area contributed by atoms with Crippen molar-refractivity contribution in [3.63, 3.8) is 0 Å². The van der Waals surface area contributed by atoms with Crippen LogP contribution in [-0.4, -0.2) is 32.4 Å². The molecule has 0 atom stereocenters. The Morgan fingerprint density at radius 2 is 1.71 bits per heavy atom. The minimum absolute atomic E-state index is 0. The van der Waals surface area contributed by atoms with Gasteiger partial charge in [0.2, 0.25) is 10.0 Å². The lowest BCUT2D eigenvalue weighted by Crippen LogP contribution is -2.49. The van der Waals surface area contributed by atoms with Gasteiger partial charge >= 0.3 is 6.18 Å². The molecule has 9 heteroatoms. The zero-order chi connectivity index (χ0) is 13.0. The largest absolute Gasteiger partial charge is 0.389 e. The monoisotopic (exact) mass is 298 g/mol.